The van der Waals surface area contributed by atoms with Gasteiger partial charge in [0, 0.05) is 43.0 Å². The smallest absolute Gasteiger partial charge is 0.246 e. The highest BCUT2D eigenvalue weighted by Crippen LogP contribution is 2.38. The van der Waals surface area contributed by atoms with Gasteiger partial charge in [0.25, 0.3) is 0 Å². The van der Waals surface area contributed by atoms with Crippen molar-refractivity contribution < 1.29 is 9.53 Å². The molecule has 6 nitrogen and oxygen atoms in total. The number of amides is 1. The van der Waals surface area contributed by atoms with Crippen LogP contribution in [-0.2, 0) is 35.7 Å². The molecular weight excluding hydrogens is 372 g/mol. The second-order valence-corrected chi connectivity index (χ2v) is 9.11. The van der Waals surface area contributed by atoms with Crippen LogP contribution in [0, 0.1) is 0 Å². The van der Waals surface area contributed by atoms with Gasteiger partial charge in [0.1, 0.15) is 6.61 Å². The average molecular weight is 403 g/mol. The number of thiophene rings is 1. The molecule has 0 saturated heterocycles. The molecule has 1 aliphatic carbocycles. The van der Waals surface area contributed by atoms with Gasteiger partial charge >= 0.3 is 0 Å². The van der Waals surface area contributed by atoms with Gasteiger partial charge in [0.2, 0.25) is 5.91 Å². The summed E-state index contributed by atoms with van der Waals surface area (Å²) < 4.78 is 6.96. The molecule has 0 radical (unpaired) electrons. The number of nitrogens with one attached hydrogen (secondary N) is 1. The third-order valence-corrected chi connectivity index (χ3v) is 6.94. The maximum Gasteiger partial charge on any atom is 0.246 e. The molecule has 2 aromatic rings. The summed E-state index contributed by atoms with van der Waals surface area (Å²) in [6.45, 7) is 4.51. The first-order valence-corrected chi connectivity index (χ1v) is 11.1. The molecule has 0 atom stereocenters. The van der Waals surface area contributed by atoms with E-state index in [-0.39, 0.29) is 12.5 Å². The average Bonchev–Trinajstić information content (AvgIpc) is 3.40. The third kappa shape index (κ3) is 4.82. The highest BCUT2D eigenvalue weighted by molar-refractivity contribution is 7.12. The molecule has 1 amide bonds. The van der Waals surface area contributed by atoms with E-state index in [1.807, 2.05) is 11.3 Å². The van der Waals surface area contributed by atoms with Crippen LogP contribution >= 0.6 is 11.3 Å². The summed E-state index contributed by atoms with van der Waals surface area (Å²) in [5.74, 6) is 0.697. The van der Waals surface area contributed by atoms with Gasteiger partial charge in [-0.3, -0.25) is 14.4 Å². The number of carbonyl (C=O) groups is 1. The standard InChI is InChI=1S/C21H30N4O2S/c1-27-15-21(26)22-12-17-11-18-13-24(9-4-10-25(18)23-17)14-19-7-8-20(28-19)16-5-2-3-6-16/h7-8,11,16H,2-6,9-10,12-15H2,1H3,(H,22,26). The first-order valence-electron chi connectivity index (χ1n) is 10.3. The lowest BCUT2D eigenvalue weighted by Crippen LogP contribution is -2.26. The third-order valence-electron chi connectivity index (χ3n) is 5.71. The van der Waals surface area contributed by atoms with Crippen LogP contribution in [-0.4, -0.2) is 40.8 Å². The van der Waals surface area contributed by atoms with Crippen LogP contribution in [0.15, 0.2) is 18.2 Å². The Morgan fingerprint density at radius 1 is 1.29 bits per heavy atom. The number of fused-ring (bicyclic) bond motifs is 1. The van der Waals surface area contributed by atoms with E-state index in [4.69, 9.17) is 4.74 Å². The molecule has 1 saturated carbocycles. The molecule has 3 heterocycles. The Morgan fingerprint density at radius 2 is 2.14 bits per heavy atom. The fourth-order valence-corrected chi connectivity index (χ4v) is 5.53. The quantitative estimate of drug-likeness (QED) is 0.772. The maximum absolute atomic E-state index is 11.6. The lowest BCUT2D eigenvalue weighted by atomic mass is 10.1. The van der Waals surface area contributed by atoms with Crippen molar-refractivity contribution in [3.8, 4) is 0 Å². The number of aromatic nitrogens is 2. The normalized spacial score (nSPS) is 18.2. The minimum absolute atomic E-state index is 0.0883. The number of carbonyl (C=O) groups excluding carboxylic acids is 1. The number of aryl methyl sites for hydroxylation is 1. The topological polar surface area (TPSA) is 59.4 Å². The van der Waals surface area contributed by atoms with Crippen LogP contribution in [0.2, 0.25) is 0 Å². The molecule has 0 unspecified atom stereocenters. The Hall–Kier alpha value is -1.70. The van der Waals surface area contributed by atoms with E-state index < -0.39 is 0 Å². The van der Waals surface area contributed by atoms with E-state index in [0.29, 0.717) is 6.54 Å². The van der Waals surface area contributed by atoms with Crippen molar-refractivity contribution in [3.05, 3.63) is 39.3 Å². The van der Waals surface area contributed by atoms with Crippen molar-refractivity contribution >= 4 is 17.2 Å². The summed E-state index contributed by atoms with van der Waals surface area (Å²) in [4.78, 5) is 17.2. The molecule has 4 rings (SSSR count). The fraction of sp³-hybridized carbons (Fsp3) is 0.619. The van der Waals surface area contributed by atoms with Crippen molar-refractivity contribution in [2.24, 2.45) is 0 Å². The van der Waals surface area contributed by atoms with Gasteiger partial charge in [0.05, 0.1) is 17.9 Å². The molecule has 2 aliphatic rings. The van der Waals surface area contributed by atoms with E-state index >= 15 is 0 Å². The van der Waals surface area contributed by atoms with Crippen LogP contribution in [0.4, 0.5) is 0 Å². The molecule has 1 N–H and O–H groups in total. The van der Waals surface area contributed by atoms with E-state index in [9.17, 15) is 4.79 Å². The lowest BCUT2D eigenvalue weighted by molar-refractivity contribution is -0.124. The SMILES string of the molecule is COCC(=O)NCc1cc2n(n1)CCCN(Cc1ccc(C3CCCC3)s1)C2. The summed E-state index contributed by atoms with van der Waals surface area (Å²) in [6.07, 6.45) is 6.62. The number of methoxy groups -OCH3 is 1. The number of ether oxygens (including phenoxy) is 1. The summed E-state index contributed by atoms with van der Waals surface area (Å²) in [7, 11) is 1.53. The Morgan fingerprint density at radius 3 is 2.96 bits per heavy atom. The van der Waals surface area contributed by atoms with Gasteiger partial charge in [-0.25, -0.2) is 0 Å². The van der Waals surface area contributed by atoms with Crippen LogP contribution in [0.1, 0.15) is 59.2 Å². The predicted octanol–water partition coefficient (Wildman–Crippen LogP) is 3.27. The van der Waals surface area contributed by atoms with Crippen molar-refractivity contribution in [2.75, 3.05) is 20.3 Å². The molecule has 0 aromatic carbocycles. The Kier molecular flexibility index (Phi) is 6.44. The molecule has 1 aliphatic heterocycles. The molecule has 1 fully saturated rings. The number of hydrogen-bond acceptors (Lipinski definition) is 5. The summed E-state index contributed by atoms with van der Waals surface area (Å²) in [5.41, 5.74) is 2.15. The van der Waals surface area contributed by atoms with E-state index in [1.165, 1.54) is 43.4 Å². The highest BCUT2D eigenvalue weighted by atomic mass is 32.1. The Bertz CT molecular complexity index is 794. The lowest BCUT2D eigenvalue weighted by Gasteiger charge is -2.18. The Balaban J connectivity index is 1.35. The molecular formula is C21H30N4O2S. The van der Waals surface area contributed by atoms with Crippen molar-refractivity contribution in [3.63, 3.8) is 0 Å². The van der Waals surface area contributed by atoms with Crippen molar-refractivity contribution in [2.45, 2.75) is 64.2 Å². The van der Waals surface area contributed by atoms with Gasteiger partial charge in [-0.15, -0.1) is 11.3 Å². The zero-order chi connectivity index (χ0) is 19.3. The van der Waals surface area contributed by atoms with E-state index in [2.05, 4.69) is 38.2 Å². The van der Waals surface area contributed by atoms with E-state index in [0.717, 1.165) is 44.2 Å². The van der Waals surface area contributed by atoms with Crippen molar-refractivity contribution in [1.82, 2.24) is 20.0 Å². The van der Waals surface area contributed by atoms with Gasteiger partial charge in [-0.05, 0) is 43.4 Å². The molecule has 28 heavy (non-hydrogen) atoms. The van der Waals surface area contributed by atoms with Crippen LogP contribution in [0.5, 0.6) is 0 Å². The molecule has 0 bridgehead atoms. The van der Waals surface area contributed by atoms with Gasteiger partial charge < -0.3 is 10.1 Å². The van der Waals surface area contributed by atoms with Crippen LogP contribution < -0.4 is 5.32 Å². The number of hydrogen-bond donors (Lipinski definition) is 1. The number of nitrogens with zero attached hydrogens (tertiary/aromatic N) is 3. The Labute approximate surface area is 170 Å². The number of rotatable bonds is 7. The minimum Gasteiger partial charge on any atom is -0.375 e. The van der Waals surface area contributed by atoms with Crippen molar-refractivity contribution in [1.29, 1.82) is 0 Å². The minimum atomic E-state index is -0.108. The highest BCUT2D eigenvalue weighted by Gasteiger charge is 2.21. The fourth-order valence-electron chi connectivity index (χ4n) is 4.31. The first kappa shape index (κ1) is 19.6. The van der Waals surface area contributed by atoms with Gasteiger partial charge in [-0.1, -0.05) is 12.8 Å². The zero-order valence-electron chi connectivity index (χ0n) is 16.7. The van der Waals surface area contributed by atoms with Gasteiger partial charge in [0.15, 0.2) is 0 Å². The van der Waals surface area contributed by atoms with Crippen LogP contribution in [0.3, 0.4) is 0 Å². The zero-order valence-corrected chi connectivity index (χ0v) is 17.5. The molecule has 2 aromatic heterocycles. The van der Waals surface area contributed by atoms with Crippen LogP contribution in [0.25, 0.3) is 0 Å². The summed E-state index contributed by atoms with van der Waals surface area (Å²) in [5, 5.41) is 7.53. The molecule has 0 spiro atoms. The molecule has 152 valence electrons. The summed E-state index contributed by atoms with van der Waals surface area (Å²) in [6, 6.07) is 6.82. The summed E-state index contributed by atoms with van der Waals surface area (Å²) >= 11 is 2.01. The van der Waals surface area contributed by atoms with Gasteiger partial charge in [-0.2, -0.15) is 5.10 Å². The second-order valence-electron chi connectivity index (χ2n) is 7.91. The predicted molar refractivity (Wildman–Crippen MR) is 110 cm³/mol. The maximum atomic E-state index is 11.6. The largest absolute Gasteiger partial charge is 0.375 e. The van der Waals surface area contributed by atoms with E-state index in [1.54, 1.807) is 4.88 Å². The second kappa shape index (κ2) is 9.20. The molecule has 7 heteroatoms. The monoisotopic (exact) mass is 402 g/mol. The first-order chi connectivity index (χ1) is 13.7.